The Morgan fingerprint density at radius 3 is 2.71 bits per heavy atom. The molecule has 0 saturated carbocycles. The second kappa shape index (κ2) is 5.05. The fourth-order valence-electron chi connectivity index (χ4n) is 2.51. The molecule has 4 heteroatoms. The molecule has 21 heavy (non-hydrogen) atoms. The summed E-state index contributed by atoms with van der Waals surface area (Å²) in [6, 6.07) is 11.8. The highest BCUT2D eigenvalue weighted by Crippen LogP contribution is 2.26. The Kier molecular flexibility index (Phi) is 3.22. The van der Waals surface area contributed by atoms with Crippen LogP contribution >= 0.6 is 0 Å². The van der Waals surface area contributed by atoms with Crippen LogP contribution < -0.4 is 4.74 Å². The van der Waals surface area contributed by atoms with Gasteiger partial charge in [0, 0.05) is 22.2 Å². The second-order valence-corrected chi connectivity index (χ2v) is 4.85. The van der Waals surface area contributed by atoms with Gasteiger partial charge in [-0.2, -0.15) is 0 Å². The van der Waals surface area contributed by atoms with Crippen molar-refractivity contribution in [2.75, 3.05) is 7.11 Å². The molecule has 2 aromatic carbocycles. The lowest BCUT2D eigenvalue weighted by molar-refractivity contribution is 0.103. The van der Waals surface area contributed by atoms with Crippen molar-refractivity contribution in [3.8, 4) is 5.75 Å². The van der Waals surface area contributed by atoms with E-state index in [1.165, 1.54) is 25.3 Å². The Hall–Kier alpha value is -2.62. The third-order valence-electron chi connectivity index (χ3n) is 3.53. The lowest BCUT2D eigenvalue weighted by Crippen LogP contribution is -2.03. The van der Waals surface area contributed by atoms with Crippen molar-refractivity contribution in [3.05, 3.63) is 65.1 Å². The van der Waals surface area contributed by atoms with Crippen LogP contribution in [0.1, 0.15) is 21.6 Å². The van der Waals surface area contributed by atoms with Gasteiger partial charge in [-0.05, 0) is 31.2 Å². The van der Waals surface area contributed by atoms with E-state index in [1.54, 1.807) is 0 Å². The summed E-state index contributed by atoms with van der Waals surface area (Å²) < 4.78 is 18.4. The Balaban J connectivity index is 2.15. The molecule has 1 N–H and O–H groups in total. The minimum absolute atomic E-state index is 0.0679. The van der Waals surface area contributed by atoms with Crippen LogP contribution in [0.5, 0.6) is 5.75 Å². The SMILES string of the molecule is COc1cc(C(=O)c2c(C)[nH]c3ccccc23)ccc1F. The average Bonchev–Trinajstić information content (AvgIpc) is 2.82. The Morgan fingerprint density at radius 1 is 1.19 bits per heavy atom. The number of ketones is 1. The van der Waals surface area contributed by atoms with Gasteiger partial charge in [0.2, 0.25) is 0 Å². The molecule has 0 saturated heterocycles. The van der Waals surface area contributed by atoms with E-state index < -0.39 is 5.82 Å². The molecule has 0 atom stereocenters. The van der Waals surface area contributed by atoms with Crippen molar-refractivity contribution < 1.29 is 13.9 Å². The number of benzene rings is 2. The van der Waals surface area contributed by atoms with Crippen LogP contribution in [0, 0.1) is 12.7 Å². The van der Waals surface area contributed by atoms with Crippen LogP contribution in [0.15, 0.2) is 42.5 Å². The number of ether oxygens (including phenoxy) is 1. The smallest absolute Gasteiger partial charge is 0.195 e. The highest BCUT2D eigenvalue weighted by atomic mass is 19.1. The number of halogens is 1. The van der Waals surface area contributed by atoms with Crippen LogP contribution in [0.4, 0.5) is 4.39 Å². The zero-order valence-corrected chi connectivity index (χ0v) is 11.7. The normalized spacial score (nSPS) is 10.8. The zero-order valence-electron chi connectivity index (χ0n) is 11.7. The summed E-state index contributed by atoms with van der Waals surface area (Å²) in [5, 5.41) is 0.864. The predicted molar refractivity (Wildman–Crippen MR) is 79.4 cm³/mol. The molecule has 0 spiro atoms. The van der Waals surface area contributed by atoms with Crippen molar-refractivity contribution in [1.82, 2.24) is 4.98 Å². The summed E-state index contributed by atoms with van der Waals surface area (Å²) in [6.07, 6.45) is 0. The van der Waals surface area contributed by atoms with Crippen LogP contribution in [-0.4, -0.2) is 17.9 Å². The summed E-state index contributed by atoms with van der Waals surface area (Å²) in [5.74, 6) is -0.564. The summed E-state index contributed by atoms with van der Waals surface area (Å²) in [5.41, 5.74) is 2.72. The van der Waals surface area contributed by atoms with Crippen molar-refractivity contribution in [2.45, 2.75) is 6.92 Å². The van der Waals surface area contributed by atoms with Gasteiger partial charge in [-0.1, -0.05) is 18.2 Å². The van der Waals surface area contributed by atoms with E-state index in [0.29, 0.717) is 11.1 Å². The molecular formula is C17H14FNO2. The van der Waals surface area contributed by atoms with Gasteiger partial charge in [0.15, 0.2) is 17.3 Å². The fourth-order valence-corrected chi connectivity index (χ4v) is 2.51. The monoisotopic (exact) mass is 283 g/mol. The van der Waals surface area contributed by atoms with Crippen molar-refractivity contribution in [3.63, 3.8) is 0 Å². The molecule has 0 bridgehead atoms. The molecule has 0 radical (unpaired) electrons. The number of nitrogens with one attached hydrogen (secondary N) is 1. The maximum Gasteiger partial charge on any atom is 0.195 e. The minimum Gasteiger partial charge on any atom is -0.494 e. The molecular weight excluding hydrogens is 269 g/mol. The number of hydrogen-bond acceptors (Lipinski definition) is 2. The topological polar surface area (TPSA) is 42.1 Å². The Labute approximate surface area is 121 Å². The first-order valence-corrected chi connectivity index (χ1v) is 6.57. The van der Waals surface area contributed by atoms with Gasteiger partial charge in [-0.25, -0.2) is 4.39 Å². The summed E-state index contributed by atoms with van der Waals surface area (Å²) in [4.78, 5) is 15.9. The maximum atomic E-state index is 13.5. The number of para-hydroxylation sites is 1. The molecule has 3 nitrogen and oxygen atoms in total. The van der Waals surface area contributed by atoms with Gasteiger partial charge in [0.1, 0.15) is 0 Å². The molecule has 1 aromatic heterocycles. The molecule has 0 amide bonds. The number of aryl methyl sites for hydroxylation is 1. The first-order chi connectivity index (χ1) is 10.1. The number of H-pyrrole nitrogens is 1. The van der Waals surface area contributed by atoms with Crippen LogP contribution in [-0.2, 0) is 0 Å². The molecule has 0 aliphatic carbocycles. The highest BCUT2D eigenvalue weighted by molar-refractivity contribution is 6.17. The van der Waals surface area contributed by atoms with Gasteiger partial charge < -0.3 is 9.72 Å². The average molecular weight is 283 g/mol. The summed E-state index contributed by atoms with van der Waals surface area (Å²) in [7, 11) is 1.38. The summed E-state index contributed by atoms with van der Waals surface area (Å²) >= 11 is 0. The highest BCUT2D eigenvalue weighted by Gasteiger charge is 2.18. The Morgan fingerprint density at radius 2 is 1.95 bits per heavy atom. The fraction of sp³-hybridized carbons (Fsp3) is 0.118. The van der Waals surface area contributed by atoms with Crippen molar-refractivity contribution in [1.29, 1.82) is 0 Å². The van der Waals surface area contributed by atoms with E-state index in [9.17, 15) is 9.18 Å². The lowest BCUT2D eigenvalue weighted by Gasteiger charge is -2.05. The Bertz CT molecular complexity index is 836. The van der Waals surface area contributed by atoms with E-state index in [4.69, 9.17) is 4.74 Å². The van der Waals surface area contributed by atoms with E-state index >= 15 is 0 Å². The molecule has 0 aliphatic heterocycles. The van der Waals surface area contributed by atoms with Gasteiger partial charge >= 0.3 is 0 Å². The lowest BCUT2D eigenvalue weighted by atomic mass is 10.00. The number of aromatic amines is 1. The third kappa shape index (κ3) is 2.18. The molecule has 3 rings (SSSR count). The molecule has 0 aliphatic rings. The van der Waals surface area contributed by atoms with Gasteiger partial charge in [0.05, 0.1) is 12.7 Å². The standard InChI is InChI=1S/C17H14FNO2/c1-10-16(12-5-3-4-6-14(12)19-10)17(20)11-7-8-13(18)15(9-11)21-2/h3-9,19H,1-2H3. The van der Waals surface area contributed by atoms with Crippen molar-refractivity contribution in [2.24, 2.45) is 0 Å². The van der Waals surface area contributed by atoms with E-state index in [-0.39, 0.29) is 11.5 Å². The van der Waals surface area contributed by atoms with Gasteiger partial charge in [0.25, 0.3) is 0 Å². The number of hydrogen-bond donors (Lipinski definition) is 1. The van der Waals surface area contributed by atoms with Crippen molar-refractivity contribution >= 4 is 16.7 Å². The number of methoxy groups -OCH3 is 1. The van der Waals surface area contributed by atoms with Crippen LogP contribution in [0.3, 0.4) is 0 Å². The van der Waals surface area contributed by atoms with Gasteiger partial charge in [-0.15, -0.1) is 0 Å². The first kappa shape index (κ1) is 13.4. The van der Waals surface area contributed by atoms with Gasteiger partial charge in [-0.3, -0.25) is 4.79 Å². The zero-order chi connectivity index (χ0) is 15.0. The van der Waals surface area contributed by atoms with E-state index in [1.807, 2.05) is 31.2 Å². The quantitative estimate of drug-likeness (QED) is 0.742. The molecule has 0 fully saturated rings. The van der Waals surface area contributed by atoms with Crippen LogP contribution in [0.2, 0.25) is 0 Å². The first-order valence-electron chi connectivity index (χ1n) is 6.57. The number of carbonyl (C=O) groups excluding carboxylic acids is 1. The number of carbonyl (C=O) groups is 1. The largest absolute Gasteiger partial charge is 0.494 e. The molecule has 3 aromatic rings. The maximum absolute atomic E-state index is 13.5. The van der Waals surface area contributed by atoms with E-state index in [0.717, 1.165) is 16.6 Å². The number of rotatable bonds is 3. The molecule has 1 heterocycles. The molecule has 0 unspecified atom stereocenters. The van der Waals surface area contributed by atoms with E-state index in [2.05, 4.69) is 4.98 Å². The minimum atomic E-state index is -0.482. The van der Waals surface area contributed by atoms with Crippen LogP contribution in [0.25, 0.3) is 10.9 Å². The third-order valence-corrected chi connectivity index (χ3v) is 3.53. The second-order valence-electron chi connectivity index (χ2n) is 4.85. The summed E-state index contributed by atoms with van der Waals surface area (Å²) in [6.45, 7) is 1.86. The molecule has 106 valence electrons. The number of fused-ring (bicyclic) bond motifs is 1. The predicted octanol–water partition coefficient (Wildman–Crippen LogP) is 3.86. The number of aromatic nitrogens is 1.